The van der Waals surface area contributed by atoms with Crippen LogP contribution in [0, 0.1) is 18.7 Å². The third-order valence-electron chi connectivity index (χ3n) is 3.81. The zero-order chi connectivity index (χ0) is 14.8. The molecule has 0 aliphatic carbocycles. The Hall–Kier alpha value is -0.690. The Morgan fingerprint density at radius 2 is 2.14 bits per heavy atom. The van der Waals surface area contributed by atoms with Crippen LogP contribution in [0.1, 0.15) is 18.4 Å². The topological polar surface area (TPSA) is 49.4 Å². The van der Waals surface area contributed by atoms with Crippen molar-refractivity contribution in [3.63, 3.8) is 0 Å². The lowest BCUT2D eigenvalue weighted by molar-refractivity contribution is 0.263. The molecule has 2 rings (SSSR count). The summed E-state index contributed by atoms with van der Waals surface area (Å²) in [6, 6.07) is 4.22. The molecule has 1 unspecified atom stereocenters. The van der Waals surface area contributed by atoms with E-state index in [9.17, 15) is 12.8 Å². The van der Waals surface area contributed by atoms with Gasteiger partial charge in [0.05, 0.1) is 4.90 Å². The number of benzene rings is 1. The first-order valence-electron chi connectivity index (χ1n) is 6.86. The first kappa shape index (κ1) is 18.4. The zero-order valence-corrected chi connectivity index (χ0v) is 13.9. The highest BCUT2D eigenvalue weighted by Crippen LogP contribution is 2.26. The van der Waals surface area contributed by atoms with E-state index >= 15 is 0 Å². The summed E-state index contributed by atoms with van der Waals surface area (Å²) in [5.74, 6) is -0.160. The highest BCUT2D eigenvalue weighted by atomic mass is 35.5. The van der Waals surface area contributed by atoms with Gasteiger partial charge in [-0.2, -0.15) is 4.31 Å². The Kier molecular flexibility index (Phi) is 6.59. The second-order valence-corrected chi connectivity index (χ2v) is 7.20. The summed E-state index contributed by atoms with van der Waals surface area (Å²) in [4.78, 5) is 0.0857. The Morgan fingerprint density at radius 1 is 1.43 bits per heavy atom. The van der Waals surface area contributed by atoms with Gasteiger partial charge >= 0.3 is 0 Å². The number of rotatable bonds is 4. The van der Waals surface area contributed by atoms with E-state index in [1.807, 2.05) is 7.05 Å². The predicted molar refractivity (Wildman–Crippen MR) is 83.8 cm³/mol. The first-order valence-corrected chi connectivity index (χ1v) is 8.30. The van der Waals surface area contributed by atoms with Gasteiger partial charge in [0.1, 0.15) is 5.82 Å². The van der Waals surface area contributed by atoms with E-state index in [0.717, 1.165) is 19.4 Å². The Balaban J connectivity index is 0.00000220. The van der Waals surface area contributed by atoms with Crippen molar-refractivity contribution in [2.45, 2.75) is 24.7 Å². The van der Waals surface area contributed by atoms with Crippen LogP contribution < -0.4 is 5.32 Å². The molecule has 1 N–H and O–H groups in total. The van der Waals surface area contributed by atoms with Gasteiger partial charge in [0.2, 0.25) is 10.0 Å². The third-order valence-corrected chi connectivity index (χ3v) is 5.82. The molecule has 0 amide bonds. The fourth-order valence-electron chi connectivity index (χ4n) is 2.71. The van der Waals surface area contributed by atoms with E-state index < -0.39 is 15.8 Å². The van der Waals surface area contributed by atoms with Crippen molar-refractivity contribution in [3.8, 4) is 0 Å². The molecular weight excluding hydrogens is 315 g/mol. The molecule has 1 aliphatic heterocycles. The average molecular weight is 337 g/mol. The van der Waals surface area contributed by atoms with E-state index in [2.05, 4.69) is 5.32 Å². The molecule has 4 nitrogen and oxygen atoms in total. The summed E-state index contributed by atoms with van der Waals surface area (Å²) in [6.45, 7) is 3.32. The SMILES string of the molecule is CNCC1CCCN(S(=O)(=O)c2cccc(F)c2C)C1.Cl. The number of hydrogen-bond acceptors (Lipinski definition) is 3. The highest BCUT2D eigenvalue weighted by molar-refractivity contribution is 7.89. The van der Waals surface area contributed by atoms with Crippen LogP contribution in [0.3, 0.4) is 0 Å². The van der Waals surface area contributed by atoms with Crippen molar-refractivity contribution >= 4 is 22.4 Å². The van der Waals surface area contributed by atoms with E-state index in [1.54, 1.807) is 0 Å². The van der Waals surface area contributed by atoms with Gasteiger partial charge in [-0.05, 0) is 51.4 Å². The van der Waals surface area contributed by atoms with Gasteiger partial charge in [-0.15, -0.1) is 12.4 Å². The number of sulfonamides is 1. The third kappa shape index (κ3) is 3.94. The second-order valence-electron chi connectivity index (χ2n) is 5.29. The molecule has 7 heteroatoms. The largest absolute Gasteiger partial charge is 0.319 e. The maximum absolute atomic E-state index is 13.6. The second kappa shape index (κ2) is 7.54. The Morgan fingerprint density at radius 3 is 2.81 bits per heavy atom. The zero-order valence-electron chi connectivity index (χ0n) is 12.3. The molecule has 21 heavy (non-hydrogen) atoms. The molecule has 1 aliphatic rings. The average Bonchev–Trinajstić information content (AvgIpc) is 2.42. The summed E-state index contributed by atoms with van der Waals surface area (Å²) in [6.07, 6.45) is 1.87. The van der Waals surface area contributed by atoms with Gasteiger partial charge < -0.3 is 5.32 Å². The van der Waals surface area contributed by atoms with Gasteiger partial charge in [0.25, 0.3) is 0 Å². The van der Waals surface area contributed by atoms with Gasteiger partial charge in [0, 0.05) is 18.7 Å². The van der Waals surface area contributed by atoms with E-state index in [1.165, 1.54) is 29.4 Å². The lowest BCUT2D eigenvalue weighted by atomic mass is 10.00. The Bertz CT molecular complexity index is 578. The molecule has 0 saturated carbocycles. The quantitative estimate of drug-likeness (QED) is 0.916. The van der Waals surface area contributed by atoms with Crippen molar-refractivity contribution in [1.82, 2.24) is 9.62 Å². The first-order chi connectivity index (χ1) is 9.46. The molecule has 0 radical (unpaired) electrons. The molecule has 1 heterocycles. The molecule has 0 bridgehead atoms. The summed E-state index contributed by atoms with van der Waals surface area (Å²) in [7, 11) is -1.74. The number of hydrogen-bond donors (Lipinski definition) is 1. The van der Waals surface area contributed by atoms with Gasteiger partial charge in [-0.25, -0.2) is 12.8 Å². The molecule has 1 aromatic carbocycles. The van der Waals surface area contributed by atoms with Crippen LogP contribution in [0.4, 0.5) is 4.39 Å². The molecular formula is C14H22ClFN2O2S. The van der Waals surface area contributed by atoms with Gasteiger partial charge in [-0.1, -0.05) is 6.07 Å². The molecule has 1 aromatic rings. The summed E-state index contributed by atoms with van der Waals surface area (Å²) < 4.78 is 40.4. The van der Waals surface area contributed by atoms with Crippen LogP contribution >= 0.6 is 12.4 Å². The van der Waals surface area contributed by atoms with Crippen LogP contribution in [0.25, 0.3) is 0 Å². The fraction of sp³-hybridized carbons (Fsp3) is 0.571. The molecule has 0 aromatic heterocycles. The summed E-state index contributed by atoms with van der Waals surface area (Å²) >= 11 is 0. The number of halogens is 2. The van der Waals surface area contributed by atoms with Gasteiger partial charge in [0.15, 0.2) is 0 Å². The van der Waals surface area contributed by atoms with Crippen molar-refractivity contribution < 1.29 is 12.8 Å². The predicted octanol–water partition coefficient (Wildman–Crippen LogP) is 2.18. The normalized spacial score (nSPS) is 20.0. The number of nitrogens with one attached hydrogen (secondary N) is 1. The maximum Gasteiger partial charge on any atom is 0.243 e. The van der Waals surface area contributed by atoms with Crippen LogP contribution in [-0.4, -0.2) is 39.4 Å². The molecule has 1 saturated heterocycles. The van der Waals surface area contributed by atoms with E-state index in [0.29, 0.717) is 19.0 Å². The monoisotopic (exact) mass is 336 g/mol. The summed E-state index contributed by atoms with van der Waals surface area (Å²) in [5.41, 5.74) is 0.197. The summed E-state index contributed by atoms with van der Waals surface area (Å²) in [5, 5.41) is 3.09. The van der Waals surface area contributed by atoms with Gasteiger partial charge in [-0.3, -0.25) is 0 Å². The fourth-order valence-corrected chi connectivity index (χ4v) is 4.50. The van der Waals surface area contributed by atoms with Crippen LogP contribution in [-0.2, 0) is 10.0 Å². The van der Waals surface area contributed by atoms with E-state index in [-0.39, 0.29) is 22.9 Å². The smallest absolute Gasteiger partial charge is 0.243 e. The number of piperidine rings is 1. The lowest BCUT2D eigenvalue weighted by Crippen LogP contribution is -2.42. The van der Waals surface area contributed by atoms with Crippen LogP contribution in [0.2, 0.25) is 0 Å². The number of nitrogens with zero attached hydrogens (tertiary/aromatic N) is 1. The van der Waals surface area contributed by atoms with Crippen LogP contribution in [0.5, 0.6) is 0 Å². The van der Waals surface area contributed by atoms with Crippen molar-refractivity contribution in [1.29, 1.82) is 0 Å². The maximum atomic E-state index is 13.6. The molecule has 1 fully saturated rings. The molecule has 0 spiro atoms. The van der Waals surface area contributed by atoms with Crippen molar-refractivity contribution in [3.05, 3.63) is 29.6 Å². The lowest BCUT2D eigenvalue weighted by Gasteiger charge is -2.32. The minimum Gasteiger partial charge on any atom is -0.319 e. The molecule has 1 atom stereocenters. The Labute approximate surface area is 132 Å². The van der Waals surface area contributed by atoms with Crippen LogP contribution in [0.15, 0.2) is 23.1 Å². The minimum absolute atomic E-state index is 0. The van der Waals surface area contributed by atoms with Crippen molar-refractivity contribution in [2.75, 3.05) is 26.7 Å². The molecule has 120 valence electrons. The standard InChI is InChI=1S/C14H21FN2O2S.ClH/c1-11-13(15)6-3-7-14(11)20(18,19)17-8-4-5-12(10-17)9-16-2;/h3,6-7,12,16H,4-5,8-10H2,1-2H3;1H. The minimum atomic E-state index is -3.60. The van der Waals surface area contributed by atoms with Crippen molar-refractivity contribution in [2.24, 2.45) is 5.92 Å². The highest BCUT2D eigenvalue weighted by Gasteiger charge is 2.31. The van der Waals surface area contributed by atoms with E-state index in [4.69, 9.17) is 0 Å².